The number of carboxylic acid groups (broad SMARTS) is 1. The quantitative estimate of drug-likeness (QED) is 0.273. The number of carboxylic acids is 1. The fourth-order valence-electron chi connectivity index (χ4n) is 3.36. The second-order valence-corrected chi connectivity index (χ2v) is 7.40. The zero-order valence-electron chi connectivity index (χ0n) is 16.9. The molecule has 0 saturated carbocycles. The maximum atomic E-state index is 11.6. The van der Waals surface area contributed by atoms with E-state index >= 15 is 0 Å². The van der Waals surface area contributed by atoms with Crippen LogP contribution in [0.15, 0.2) is 72.8 Å². The van der Waals surface area contributed by atoms with Gasteiger partial charge in [0.15, 0.2) is 6.29 Å². The van der Waals surface area contributed by atoms with Gasteiger partial charge in [0, 0.05) is 35.1 Å². The largest absolute Gasteiger partial charge is 0.478 e. The molecular weight excluding hydrogens is 420 g/mol. The molecule has 0 aliphatic carbocycles. The molecule has 0 amide bonds. The summed E-state index contributed by atoms with van der Waals surface area (Å²) >= 11 is 6.34. The van der Waals surface area contributed by atoms with Crippen LogP contribution in [0.1, 0.15) is 36.9 Å². The Hall–Kier alpha value is -2.93. The molecule has 2 aromatic rings. The molecule has 1 aliphatic rings. The van der Waals surface area contributed by atoms with E-state index < -0.39 is 24.3 Å². The number of benzene rings is 2. The second kappa shape index (κ2) is 10.9. The molecule has 0 aromatic heterocycles. The highest BCUT2D eigenvalue weighted by Gasteiger charge is 2.35. The van der Waals surface area contributed by atoms with E-state index in [1.807, 2.05) is 36.4 Å². The molecule has 0 spiro atoms. The van der Waals surface area contributed by atoms with Crippen molar-refractivity contribution in [3.8, 4) is 5.75 Å². The van der Waals surface area contributed by atoms with Crippen molar-refractivity contribution < 1.29 is 28.9 Å². The number of carbonyl (C=O) groups is 2. The Bertz CT molecular complexity index is 984. The Morgan fingerprint density at radius 2 is 1.84 bits per heavy atom. The van der Waals surface area contributed by atoms with Crippen molar-refractivity contribution in [2.45, 2.75) is 25.7 Å². The van der Waals surface area contributed by atoms with E-state index in [0.29, 0.717) is 23.8 Å². The summed E-state index contributed by atoms with van der Waals surface area (Å²) in [6.45, 7) is 1.73. The maximum absolute atomic E-state index is 11.6. The van der Waals surface area contributed by atoms with Crippen molar-refractivity contribution in [3.63, 3.8) is 0 Å². The van der Waals surface area contributed by atoms with Crippen LogP contribution in [0.3, 0.4) is 0 Å². The molecule has 1 N–H and O–H groups in total. The third-order valence-corrected chi connectivity index (χ3v) is 5.07. The first-order valence-corrected chi connectivity index (χ1v) is 10.2. The molecule has 0 radical (unpaired) electrons. The molecule has 3 atom stereocenters. The van der Waals surface area contributed by atoms with Crippen molar-refractivity contribution in [2.75, 3.05) is 6.61 Å². The summed E-state index contributed by atoms with van der Waals surface area (Å²) < 4.78 is 17.7. The third-order valence-electron chi connectivity index (χ3n) is 4.72. The van der Waals surface area contributed by atoms with Crippen LogP contribution in [0, 0.1) is 5.92 Å². The lowest BCUT2D eigenvalue weighted by molar-refractivity contribution is -0.244. The van der Waals surface area contributed by atoms with Crippen LogP contribution in [0.4, 0.5) is 0 Å². The molecule has 2 aromatic carbocycles. The van der Waals surface area contributed by atoms with Crippen LogP contribution in [-0.4, -0.2) is 23.7 Å². The average molecular weight is 443 g/mol. The zero-order valence-corrected chi connectivity index (χ0v) is 17.7. The molecule has 3 rings (SSSR count). The number of rotatable bonds is 7. The number of ether oxygens (including phenoxy) is 3. The van der Waals surface area contributed by atoms with E-state index in [2.05, 4.69) is 0 Å². The molecule has 1 fully saturated rings. The SMILES string of the molecule is CC(=O)Oc1ccccc1[C@H]1O[C@@H](c2ccccc2Cl)OC[C@H]1C/C=C/C=C\C(=O)O. The van der Waals surface area contributed by atoms with E-state index in [1.165, 1.54) is 13.0 Å². The Balaban J connectivity index is 1.88. The molecule has 0 bridgehead atoms. The van der Waals surface area contributed by atoms with E-state index in [4.69, 9.17) is 30.9 Å². The first-order chi connectivity index (χ1) is 15.0. The molecule has 31 heavy (non-hydrogen) atoms. The summed E-state index contributed by atoms with van der Waals surface area (Å²) in [6.07, 6.45) is 5.51. The highest BCUT2D eigenvalue weighted by molar-refractivity contribution is 6.31. The molecule has 1 aliphatic heterocycles. The zero-order chi connectivity index (χ0) is 22.2. The van der Waals surface area contributed by atoms with Gasteiger partial charge in [0.1, 0.15) is 5.75 Å². The van der Waals surface area contributed by atoms with Crippen LogP contribution in [0.2, 0.25) is 5.02 Å². The van der Waals surface area contributed by atoms with Gasteiger partial charge in [-0.25, -0.2) is 4.79 Å². The number of aliphatic carboxylic acids is 1. The summed E-state index contributed by atoms with van der Waals surface area (Å²) in [6, 6.07) is 14.5. The summed E-state index contributed by atoms with van der Waals surface area (Å²) in [4.78, 5) is 22.2. The lowest BCUT2D eigenvalue weighted by Gasteiger charge is -2.37. The lowest BCUT2D eigenvalue weighted by atomic mass is 9.91. The highest BCUT2D eigenvalue weighted by Crippen LogP contribution is 2.43. The number of allylic oxidation sites excluding steroid dienone is 3. The minimum absolute atomic E-state index is 0.0927. The van der Waals surface area contributed by atoms with Gasteiger partial charge in [-0.1, -0.05) is 66.2 Å². The fourth-order valence-corrected chi connectivity index (χ4v) is 3.59. The second-order valence-electron chi connectivity index (χ2n) is 7.00. The topological polar surface area (TPSA) is 82.1 Å². The number of para-hydroxylation sites is 1. The number of hydrogen-bond acceptors (Lipinski definition) is 5. The van der Waals surface area contributed by atoms with Gasteiger partial charge in [-0.15, -0.1) is 0 Å². The summed E-state index contributed by atoms with van der Waals surface area (Å²) in [5.74, 6) is -1.09. The lowest BCUT2D eigenvalue weighted by Crippen LogP contribution is -2.31. The van der Waals surface area contributed by atoms with Crippen molar-refractivity contribution in [1.82, 2.24) is 0 Å². The number of hydrogen-bond donors (Lipinski definition) is 1. The smallest absolute Gasteiger partial charge is 0.328 e. The van der Waals surface area contributed by atoms with Gasteiger partial charge < -0.3 is 19.3 Å². The van der Waals surface area contributed by atoms with Crippen LogP contribution in [-0.2, 0) is 19.1 Å². The first-order valence-electron chi connectivity index (χ1n) is 9.80. The normalized spacial score (nSPS) is 21.4. The monoisotopic (exact) mass is 442 g/mol. The van der Waals surface area contributed by atoms with Gasteiger partial charge in [0.2, 0.25) is 0 Å². The average Bonchev–Trinajstić information content (AvgIpc) is 2.74. The van der Waals surface area contributed by atoms with Crippen LogP contribution < -0.4 is 4.74 Å². The predicted octanol–water partition coefficient (Wildman–Crippen LogP) is 5.26. The molecule has 162 valence electrons. The van der Waals surface area contributed by atoms with Crippen molar-refractivity contribution in [3.05, 3.63) is 89.0 Å². The molecule has 6 nitrogen and oxygen atoms in total. The highest BCUT2D eigenvalue weighted by atomic mass is 35.5. The van der Waals surface area contributed by atoms with E-state index in [9.17, 15) is 9.59 Å². The van der Waals surface area contributed by atoms with Crippen LogP contribution in [0.25, 0.3) is 0 Å². The van der Waals surface area contributed by atoms with Gasteiger partial charge in [-0.05, 0) is 18.6 Å². The summed E-state index contributed by atoms with van der Waals surface area (Å²) in [5.41, 5.74) is 1.45. The minimum atomic E-state index is -1.01. The number of halogens is 1. The van der Waals surface area contributed by atoms with Crippen molar-refractivity contribution in [1.29, 1.82) is 0 Å². The van der Waals surface area contributed by atoms with Gasteiger partial charge in [-0.2, -0.15) is 0 Å². The predicted molar refractivity (Wildman–Crippen MR) is 116 cm³/mol. The number of esters is 1. The van der Waals surface area contributed by atoms with E-state index in [0.717, 1.165) is 17.2 Å². The molecule has 7 heteroatoms. The molecule has 0 unspecified atom stereocenters. The Labute approximate surface area is 185 Å². The Morgan fingerprint density at radius 3 is 2.55 bits per heavy atom. The molecular formula is C24H23ClO6. The van der Waals surface area contributed by atoms with Gasteiger partial charge in [0.05, 0.1) is 12.7 Å². The number of carbonyl (C=O) groups excluding carboxylic acids is 1. The van der Waals surface area contributed by atoms with Gasteiger partial charge in [-0.3, -0.25) is 4.79 Å². The van der Waals surface area contributed by atoms with Crippen LogP contribution >= 0.6 is 11.6 Å². The summed E-state index contributed by atoms with van der Waals surface area (Å²) in [7, 11) is 0. The molecule has 1 saturated heterocycles. The maximum Gasteiger partial charge on any atom is 0.328 e. The van der Waals surface area contributed by atoms with Crippen molar-refractivity contribution in [2.24, 2.45) is 5.92 Å². The Kier molecular flexibility index (Phi) is 8.00. The van der Waals surface area contributed by atoms with Crippen LogP contribution in [0.5, 0.6) is 5.75 Å². The van der Waals surface area contributed by atoms with Crippen molar-refractivity contribution >= 4 is 23.5 Å². The third kappa shape index (κ3) is 6.28. The van der Waals surface area contributed by atoms with E-state index in [1.54, 1.807) is 24.3 Å². The first kappa shape index (κ1) is 22.7. The standard InChI is InChI=1S/C24H23ClO6/c1-16(26)30-21-13-8-6-11-19(21)23-17(9-3-2-4-14-22(27)28)15-29-24(31-23)18-10-5-7-12-20(18)25/h2-8,10-14,17,23-24H,9,15H2,1H3,(H,27,28)/b3-2+,14-4-/t17-,23+,24+/m1/s1. The summed E-state index contributed by atoms with van der Waals surface area (Å²) in [5, 5.41) is 9.24. The van der Waals surface area contributed by atoms with E-state index in [-0.39, 0.29) is 5.92 Å². The van der Waals surface area contributed by atoms with Gasteiger partial charge in [0.25, 0.3) is 0 Å². The Morgan fingerprint density at radius 1 is 1.13 bits per heavy atom. The minimum Gasteiger partial charge on any atom is -0.478 e. The van der Waals surface area contributed by atoms with Gasteiger partial charge >= 0.3 is 11.9 Å². The fraction of sp³-hybridized carbons (Fsp3) is 0.250. The molecule has 1 heterocycles.